The zero-order chi connectivity index (χ0) is 20.0. The molecule has 5 aromatic rings. The second-order valence-electron chi connectivity index (χ2n) is 6.84. The lowest BCUT2D eigenvalue weighted by Crippen LogP contribution is -2.13. The Bertz CT molecular complexity index is 1380. The fourth-order valence-electron chi connectivity index (χ4n) is 3.69. The van der Waals surface area contributed by atoms with Gasteiger partial charge >= 0.3 is 0 Å². The highest BCUT2D eigenvalue weighted by atomic mass is 16.1. The average molecular weight is 382 g/mol. The van der Waals surface area contributed by atoms with E-state index in [-0.39, 0.29) is 5.69 Å². The Labute approximate surface area is 166 Å². The number of aromatic nitrogens is 4. The zero-order valence-electron chi connectivity index (χ0n) is 15.7. The van der Waals surface area contributed by atoms with Gasteiger partial charge in [0.15, 0.2) is 0 Å². The van der Waals surface area contributed by atoms with Gasteiger partial charge < -0.3 is 16.0 Å². The lowest BCUT2D eigenvalue weighted by atomic mass is 9.96. The molecule has 0 saturated carbocycles. The molecule has 2 aromatic carbocycles. The normalized spacial score (nSPS) is 11.2. The first-order chi connectivity index (χ1) is 14.1. The maximum atomic E-state index is 11.8. The molecule has 0 aliphatic rings. The standard InChI is InChI=1S/C22H18N6O/c1-24-13-9-19(27-21(10-13)22(23)29)16-7-12(8-20-17(16)11-26-28-20)14-3-2-4-18-15(14)5-6-25-18/h2-11,25H,1H3,(H2,23,29)(H,24,27)(H,26,28). The number of nitrogens with one attached hydrogen (secondary N) is 3. The number of rotatable bonds is 4. The first kappa shape index (κ1) is 17.0. The van der Waals surface area contributed by atoms with Crippen molar-refractivity contribution in [2.45, 2.75) is 0 Å². The van der Waals surface area contributed by atoms with E-state index in [0.29, 0.717) is 5.69 Å². The van der Waals surface area contributed by atoms with Crippen LogP contribution in [0.4, 0.5) is 5.69 Å². The summed E-state index contributed by atoms with van der Waals surface area (Å²) in [6.07, 6.45) is 3.70. The number of carbonyl (C=O) groups excluding carboxylic acids is 1. The van der Waals surface area contributed by atoms with E-state index in [1.807, 2.05) is 24.4 Å². The number of fused-ring (bicyclic) bond motifs is 2. The Balaban J connectivity index is 1.79. The van der Waals surface area contributed by atoms with E-state index in [4.69, 9.17) is 5.73 Å². The third-order valence-electron chi connectivity index (χ3n) is 5.11. The number of hydrogen-bond acceptors (Lipinski definition) is 4. The first-order valence-corrected chi connectivity index (χ1v) is 9.17. The van der Waals surface area contributed by atoms with Crippen molar-refractivity contribution in [3.05, 3.63) is 66.6 Å². The summed E-state index contributed by atoms with van der Waals surface area (Å²) in [5.74, 6) is -0.569. The van der Waals surface area contributed by atoms with Crippen molar-refractivity contribution < 1.29 is 4.79 Å². The zero-order valence-corrected chi connectivity index (χ0v) is 15.7. The summed E-state index contributed by atoms with van der Waals surface area (Å²) in [5, 5.41) is 12.4. The Morgan fingerprint density at radius 2 is 1.93 bits per heavy atom. The minimum Gasteiger partial charge on any atom is -0.388 e. The molecule has 3 heterocycles. The lowest BCUT2D eigenvalue weighted by molar-refractivity contribution is 0.0995. The molecular weight excluding hydrogens is 364 g/mol. The molecular formula is C22H18N6O. The lowest BCUT2D eigenvalue weighted by Gasteiger charge is -2.11. The third-order valence-corrected chi connectivity index (χ3v) is 5.11. The molecule has 0 aliphatic carbocycles. The van der Waals surface area contributed by atoms with Gasteiger partial charge in [-0.3, -0.25) is 9.89 Å². The number of nitrogens with two attached hydrogens (primary N) is 1. The molecule has 0 aliphatic heterocycles. The van der Waals surface area contributed by atoms with Crippen LogP contribution in [0.25, 0.3) is 44.2 Å². The van der Waals surface area contributed by atoms with Gasteiger partial charge in [0.2, 0.25) is 0 Å². The minimum absolute atomic E-state index is 0.210. The van der Waals surface area contributed by atoms with Gasteiger partial charge in [-0.15, -0.1) is 0 Å². The van der Waals surface area contributed by atoms with Gasteiger partial charge in [0.05, 0.1) is 17.4 Å². The van der Waals surface area contributed by atoms with Crippen LogP contribution in [-0.4, -0.2) is 33.1 Å². The summed E-state index contributed by atoms with van der Waals surface area (Å²) in [7, 11) is 1.79. The van der Waals surface area contributed by atoms with Crippen molar-refractivity contribution in [2.75, 3.05) is 12.4 Å². The predicted octanol–water partition coefficient (Wildman–Crippen LogP) is 3.91. The van der Waals surface area contributed by atoms with Gasteiger partial charge in [0.1, 0.15) is 5.69 Å². The number of nitrogens with zero attached hydrogens (tertiary/aromatic N) is 2. The van der Waals surface area contributed by atoms with Crippen LogP contribution in [0.15, 0.2) is 60.9 Å². The number of benzene rings is 2. The van der Waals surface area contributed by atoms with Gasteiger partial charge in [-0.25, -0.2) is 4.98 Å². The fraction of sp³-hybridized carbons (Fsp3) is 0.0455. The second kappa shape index (κ2) is 6.49. The highest BCUT2D eigenvalue weighted by molar-refractivity contribution is 6.02. The number of carbonyl (C=O) groups is 1. The Hall–Kier alpha value is -4.13. The molecule has 0 radical (unpaired) electrons. The monoisotopic (exact) mass is 382 g/mol. The summed E-state index contributed by atoms with van der Waals surface area (Å²) >= 11 is 0. The molecule has 0 spiro atoms. The van der Waals surface area contributed by atoms with E-state index in [9.17, 15) is 4.79 Å². The molecule has 1 amide bonds. The van der Waals surface area contributed by atoms with E-state index in [2.05, 4.69) is 49.7 Å². The topological polar surface area (TPSA) is 112 Å². The van der Waals surface area contributed by atoms with Gasteiger partial charge in [-0.05, 0) is 47.5 Å². The molecule has 7 nitrogen and oxygen atoms in total. The van der Waals surface area contributed by atoms with Crippen molar-refractivity contribution >= 4 is 33.4 Å². The molecule has 29 heavy (non-hydrogen) atoms. The SMILES string of the molecule is CNc1cc(C(N)=O)nc(-c2cc(-c3cccc4[nH]ccc34)cc3[nH]ncc23)c1. The van der Waals surface area contributed by atoms with Crippen molar-refractivity contribution in [1.29, 1.82) is 0 Å². The molecule has 7 heteroatoms. The molecule has 0 bridgehead atoms. The number of anilines is 1. The number of pyridine rings is 1. The molecule has 3 aromatic heterocycles. The summed E-state index contributed by atoms with van der Waals surface area (Å²) in [5.41, 5.74) is 12.1. The number of primary amides is 1. The van der Waals surface area contributed by atoms with Crippen molar-refractivity contribution in [3.8, 4) is 22.4 Å². The second-order valence-corrected chi connectivity index (χ2v) is 6.84. The summed E-state index contributed by atoms with van der Waals surface area (Å²) in [6.45, 7) is 0. The van der Waals surface area contributed by atoms with Crippen LogP contribution in [0.5, 0.6) is 0 Å². The molecule has 142 valence electrons. The fourth-order valence-corrected chi connectivity index (χ4v) is 3.69. The van der Waals surface area contributed by atoms with Crippen LogP contribution >= 0.6 is 0 Å². The van der Waals surface area contributed by atoms with E-state index in [1.54, 1.807) is 19.3 Å². The summed E-state index contributed by atoms with van der Waals surface area (Å²) in [6, 6.07) is 15.9. The summed E-state index contributed by atoms with van der Waals surface area (Å²) < 4.78 is 0. The average Bonchev–Trinajstić information content (AvgIpc) is 3.41. The number of H-pyrrole nitrogens is 2. The van der Waals surface area contributed by atoms with E-state index in [1.165, 1.54) is 0 Å². The maximum Gasteiger partial charge on any atom is 0.267 e. The van der Waals surface area contributed by atoms with Crippen LogP contribution < -0.4 is 11.1 Å². The van der Waals surface area contributed by atoms with Gasteiger partial charge in [0.25, 0.3) is 5.91 Å². The number of amides is 1. The number of aromatic amines is 2. The van der Waals surface area contributed by atoms with Crippen molar-refractivity contribution in [1.82, 2.24) is 20.2 Å². The molecule has 0 saturated heterocycles. The van der Waals surface area contributed by atoms with E-state index >= 15 is 0 Å². The molecule has 0 unspecified atom stereocenters. The highest BCUT2D eigenvalue weighted by Crippen LogP contribution is 2.36. The molecule has 0 fully saturated rings. The Kier molecular flexibility index (Phi) is 3.80. The van der Waals surface area contributed by atoms with Crippen LogP contribution in [0.2, 0.25) is 0 Å². The van der Waals surface area contributed by atoms with Gasteiger partial charge in [-0.2, -0.15) is 5.10 Å². The predicted molar refractivity (Wildman–Crippen MR) is 115 cm³/mol. The summed E-state index contributed by atoms with van der Waals surface area (Å²) in [4.78, 5) is 19.5. The van der Waals surface area contributed by atoms with Gasteiger partial charge in [-0.1, -0.05) is 12.1 Å². The van der Waals surface area contributed by atoms with Crippen molar-refractivity contribution in [3.63, 3.8) is 0 Å². The van der Waals surface area contributed by atoms with Crippen LogP contribution in [0, 0.1) is 0 Å². The van der Waals surface area contributed by atoms with Crippen LogP contribution in [0.1, 0.15) is 10.5 Å². The van der Waals surface area contributed by atoms with E-state index < -0.39 is 5.91 Å². The molecule has 5 rings (SSSR count). The maximum absolute atomic E-state index is 11.8. The number of hydrogen-bond donors (Lipinski definition) is 4. The molecule has 0 atom stereocenters. The highest BCUT2D eigenvalue weighted by Gasteiger charge is 2.15. The Morgan fingerprint density at radius 1 is 1.03 bits per heavy atom. The molecule has 5 N–H and O–H groups in total. The van der Waals surface area contributed by atoms with E-state index in [0.717, 1.165) is 44.2 Å². The Morgan fingerprint density at radius 3 is 2.76 bits per heavy atom. The quantitative estimate of drug-likeness (QED) is 0.377. The largest absolute Gasteiger partial charge is 0.388 e. The van der Waals surface area contributed by atoms with Gasteiger partial charge in [0, 0.05) is 40.8 Å². The smallest absolute Gasteiger partial charge is 0.267 e. The van der Waals surface area contributed by atoms with Crippen LogP contribution in [-0.2, 0) is 0 Å². The minimum atomic E-state index is -0.569. The van der Waals surface area contributed by atoms with Crippen LogP contribution in [0.3, 0.4) is 0 Å². The third kappa shape index (κ3) is 2.80. The first-order valence-electron chi connectivity index (χ1n) is 9.17. The van der Waals surface area contributed by atoms with Crippen molar-refractivity contribution in [2.24, 2.45) is 5.73 Å².